The molecule has 0 aromatic heterocycles. The molecule has 1 aromatic rings. The van der Waals surface area contributed by atoms with Crippen molar-refractivity contribution in [2.24, 2.45) is 0 Å². The Morgan fingerprint density at radius 2 is 2.05 bits per heavy atom. The minimum Gasteiger partial charge on any atom is -0.369 e. The van der Waals surface area contributed by atoms with E-state index in [0.29, 0.717) is 12.6 Å². The van der Waals surface area contributed by atoms with Crippen molar-refractivity contribution in [1.29, 1.82) is 0 Å². The predicted molar refractivity (Wildman–Crippen MR) is 78.1 cm³/mol. The molecular weight excluding hydrogens is 241 g/mol. The van der Waals surface area contributed by atoms with Gasteiger partial charge in [-0.25, -0.2) is 4.39 Å². The van der Waals surface area contributed by atoms with Crippen LogP contribution >= 0.6 is 0 Å². The Kier molecular flexibility index (Phi) is 4.77. The van der Waals surface area contributed by atoms with Gasteiger partial charge in [0.1, 0.15) is 5.82 Å². The first kappa shape index (κ1) is 14.3. The number of nitrogens with zero attached hydrogens (tertiary/aromatic N) is 2. The van der Waals surface area contributed by atoms with Gasteiger partial charge in [0, 0.05) is 19.6 Å². The predicted octanol–water partition coefficient (Wildman–Crippen LogP) is 2.08. The van der Waals surface area contributed by atoms with Crippen molar-refractivity contribution in [3.63, 3.8) is 0 Å². The molecule has 0 radical (unpaired) electrons. The van der Waals surface area contributed by atoms with E-state index in [1.54, 1.807) is 12.1 Å². The molecule has 2 rings (SSSR count). The van der Waals surface area contributed by atoms with Crippen LogP contribution in [-0.2, 0) is 6.54 Å². The van der Waals surface area contributed by atoms with Crippen molar-refractivity contribution < 1.29 is 4.39 Å². The van der Waals surface area contributed by atoms with Gasteiger partial charge in [0.15, 0.2) is 0 Å². The van der Waals surface area contributed by atoms with Gasteiger partial charge in [-0.15, -0.1) is 0 Å². The van der Waals surface area contributed by atoms with Crippen molar-refractivity contribution in [1.82, 2.24) is 10.2 Å². The molecule has 0 amide bonds. The molecule has 1 aliphatic heterocycles. The standard InChI is InChI=1S/C15H24FN3/c1-17-11-12-5-4-6-14(16)15(12)19(3)13-7-9-18(2)10-8-13/h4-6,13,17H,7-11H2,1-3H3. The maximum absolute atomic E-state index is 14.2. The van der Waals surface area contributed by atoms with Gasteiger partial charge in [0.25, 0.3) is 0 Å². The molecule has 0 aliphatic carbocycles. The van der Waals surface area contributed by atoms with Crippen LogP contribution in [0.2, 0.25) is 0 Å². The number of halogens is 1. The van der Waals surface area contributed by atoms with Gasteiger partial charge in [-0.1, -0.05) is 12.1 Å². The Morgan fingerprint density at radius 1 is 1.37 bits per heavy atom. The summed E-state index contributed by atoms with van der Waals surface area (Å²) in [5, 5.41) is 3.11. The second-order valence-corrected chi connectivity index (χ2v) is 5.42. The fourth-order valence-electron chi connectivity index (χ4n) is 2.85. The van der Waals surface area contributed by atoms with E-state index in [2.05, 4.69) is 22.2 Å². The lowest BCUT2D eigenvalue weighted by Crippen LogP contribution is -2.42. The van der Waals surface area contributed by atoms with Gasteiger partial charge in [-0.2, -0.15) is 0 Å². The highest BCUT2D eigenvalue weighted by Gasteiger charge is 2.24. The van der Waals surface area contributed by atoms with E-state index in [0.717, 1.165) is 37.2 Å². The van der Waals surface area contributed by atoms with Crippen LogP contribution in [0.1, 0.15) is 18.4 Å². The summed E-state index contributed by atoms with van der Waals surface area (Å²) in [5.74, 6) is -0.117. The molecule has 3 nitrogen and oxygen atoms in total. The third kappa shape index (κ3) is 3.25. The van der Waals surface area contributed by atoms with Crippen molar-refractivity contribution in [3.8, 4) is 0 Å². The smallest absolute Gasteiger partial charge is 0.146 e. The largest absolute Gasteiger partial charge is 0.369 e. The number of para-hydroxylation sites is 1. The number of benzene rings is 1. The van der Waals surface area contributed by atoms with Crippen LogP contribution in [0.4, 0.5) is 10.1 Å². The summed E-state index contributed by atoms with van der Waals surface area (Å²) in [5.41, 5.74) is 1.79. The molecule has 19 heavy (non-hydrogen) atoms. The van der Waals surface area contributed by atoms with Crippen LogP contribution in [0.25, 0.3) is 0 Å². The summed E-state index contributed by atoms with van der Waals surface area (Å²) in [6, 6.07) is 5.78. The third-order valence-electron chi connectivity index (χ3n) is 4.03. The van der Waals surface area contributed by atoms with E-state index in [1.165, 1.54) is 0 Å². The van der Waals surface area contributed by atoms with E-state index in [4.69, 9.17) is 0 Å². The first-order chi connectivity index (χ1) is 9.13. The number of piperidine rings is 1. The second kappa shape index (κ2) is 6.35. The molecule has 106 valence electrons. The molecular formula is C15H24FN3. The Balaban J connectivity index is 2.20. The minimum atomic E-state index is -0.117. The van der Waals surface area contributed by atoms with Crippen LogP contribution in [0, 0.1) is 5.82 Å². The lowest BCUT2D eigenvalue weighted by atomic mass is 10.0. The van der Waals surface area contributed by atoms with Crippen molar-refractivity contribution in [2.45, 2.75) is 25.4 Å². The van der Waals surface area contributed by atoms with Crippen LogP contribution in [-0.4, -0.2) is 45.2 Å². The quantitative estimate of drug-likeness (QED) is 0.899. The van der Waals surface area contributed by atoms with Crippen LogP contribution in [0.3, 0.4) is 0 Å². The number of hydrogen-bond acceptors (Lipinski definition) is 3. The van der Waals surface area contributed by atoms with Gasteiger partial charge >= 0.3 is 0 Å². The highest BCUT2D eigenvalue weighted by molar-refractivity contribution is 5.55. The zero-order valence-electron chi connectivity index (χ0n) is 12.1. The van der Waals surface area contributed by atoms with Gasteiger partial charge in [0.05, 0.1) is 5.69 Å². The molecule has 1 aliphatic rings. The molecule has 1 saturated heterocycles. The van der Waals surface area contributed by atoms with Crippen LogP contribution < -0.4 is 10.2 Å². The van der Waals surface area contributed by atoms with Gasteiger partial charge in [-0.05, 0) is 51.7 Å². The van der Waals surface area contributed by atoms with E-state index < -0.39 is 0 Å². The fraction of sp³-hybridized carbons (Fsp3) is 0.600. The second-order valence-electron chi connectivity index (χ2n) is 5.42. The summed E-state index contributed by atoms with van der Waals surface area (Å²) in [6.45, 7) is 2.87. The molecule has 4 heteroatoms. The Bertz CT molecular complexity index is 414. The lowest BCUT2D eigenvalue weighted by molar-refractivity contribution is 0.252. The summed E-state index contributed by atoms with van der Waals surface area (Å²) in [4.78, 5) is 4.47. The highest BCUT2D eigenvalue weighted by Crippen LogP contribution is 2.28. The number of nitrogens with one attached hydrogen (secondary N) is 1. The van der Waals surface area contributed by atoms with E-state index in [-0.39, 0.29) is 5.82 Å². The molecule has 1 fully saturated rings. The molecule has 1 heterocycles. The number of anilines is 1. The van der Waals surface area contributed by atoms with E-state index in [9.17, 15) is 4.39 Å². The average Bonchev–Trinajstić information content (AvgIpc) is 2.39. The monoisotopic (exact) mass is 265 g/mol. The van der Waals surface area contributed by atoms with E-state index >= 15 is 0 Å². The van der Waals surface area contributed by atoms with Gasteiger partial charge in [-0.3, -0.25) is 0 Å². The Morgan fingerprint density at radius 3 is 2.68 bits per heavy atom. The van der Waals surface area contributed by atoms with Crippen molar-refractivity contribution in [2.75, 3.05) is 39.1 Å². The summed E-state index contributed by atoms with van der Waals surface area (Å²) in [7, 11) is 6.06. The molecule has 0 unspecified atom stereocenters. The zero-order valence-corrected chi connectivity index (χ0v) is 12.1. The van der Waals surface area contributed by atoms with Crippen LogP contribution in [0.15, 0.2) is 18.2 Å². The summed E-state index contributed by atoms with van der Waals surface area (Å²) < 4.78 is 14.2. The van der Waals surface area contributed by atoms with Crippen molar-refractivity contribution in [3.05, 3.63) is 29.6 Å². The molecule has 0 spiro atoms. The van der Waals surface area contributed by atoms with E-state index in [1.807, 2.05) is 20.2 Å². The topological polar surface area (TPSA) is 18.5 Å². The number of rotatable bonds is 4. The Labute approximate surface area is 115 Å². The zero-order chi connectivity index (χ0) is 13.8. The number of hydrogen-bond donors (Lipinski definition) is 1. The molecule has 0 atom stereocenters. The molecule has 1 N–H and O–H groups in total. The molecule has 0 saturated carbocycles. The minimum absolute atomic E-state index is 0.117. The normalized spacial score (nSPS) is 17.7. The summed E-state index contributed by atoms with van der Waals surface area (Å²) >= 11 is 0. The first-order valence-electron chi connectivity index (χ1n) is 6.97. The Hall–Kier alpha value is -1.13. The fourth-order valence-corrected chi connectivity index (χ4v) is 2.85. The van der Waals surface area contributed by atoms with Gasteiger partial charge < -0.3 is 15.1 Å². The average molecular weight is 265 g/mol. The first-order valence-corrected chi connectivity index (χ1v) is 6.97. The maximum Gasteiger partial charge on any atom is 0.146 e. The maximum atomic E-state index is 14.2. The summed E-state index contributed by atoms with van der Waals surface area (Å²) in [6.07, 6.45) is 2.20. The SMILES string of the molecule is CNCc1cccc(F)c1N(C)C1CCN(C)CC1. The lowest BCUT2D eigenvalue weighted by Gasteiger charge is -2.37. The highest BCUT2D eigenvalue weighted by atomic mass is 19.1. The van der Waals surface area contributed by atoms with Crippen LogP contribution in [0.5, 0.6) is 0 Å². The van der Waals surface area contributed by atoms with Crippen molar-refractivity contribution >= 4 is 5.69 Å². The molecule has 0 bridgehead atoms. The molecule has 1 aromatic carbocycles. The third-order valence-corrected chi connectivity index (χ3v) is 4.03. The van der Waals surface area contributed by atoms with Gasteiger partial charge in [0.2, 0.25) is 0 Å². The number of likely N-dealkylation sites (tertiary alicyclic amines) is 1.